The molecule has 0 saturated carbocycles. The fourth-order valence-electron chi connectivity index (χ4n) is 4.19. The van der Waals surface area contributed by atoms with Crippen LogP contribution in [0.4, 0.5) is 14.5 Å². The van der Waals surface area contributed by atoms with E-state index in [0.717, 1.165) is 38.0 Å². The Morgan fingerprint density at radius 1 is 1.03 bits per heavy atom. The number of anilines is 1. The molecule has 4 rings (SSSR count). The van der Waals surface area contributed by atoms with Gasteiger partial charge in [-0.05, 0) is 42.7 Å². The molecule has 2 aromatic rings. The molecule has 0 aromatic heterocycles. The van der Waals surface area contributed by atoms with Crippen molar-refractivity contribution >= 4 is 17.5 Å². The highest BCUT2D eigenvalue weighted by molar-refractivity contribution is 6.00. The molecule has 2 aromatic carbocycles. The predicted octanol–water partition coefficient (Wildman–Crippen LogP) is 3.10. The fourth-order valence-corrected chi connectivity index (χ4v) is 4.19. The molecule has 1 N–H and O–H groups in total. The highest BCUT2D eigenvalue weighted by atomic mass is 19.1. The van der Waals surface area contributed by atoms with E-state index in [1.807, 2.05) is 0 Å². The van der Waals surface area contributed by atoms with Gasteiger partial charge in [-0.25, -0.2) is 8.78 Å². The summed E-state index contributed by atoms with van der Waals surface area (Å²) in [6, 6.07) is 12.7. The zero-order chi connectivity index (χ0) is 21.1. The summed E-state index contributed by atoms with van der Waals surface area (Å²) in [6.07, 6.45) is 1.75. The van der Waals surface area contributed by atoms with Gasteiger partial charge >= 0.3 is 0 Å². The predicted molar refractivity (Wildman–Crippen MR) is 110 cm³/mol. The Bertz CT molecular complexity index is 911. The van der Waals surface area contributed by atoms with E-state index in [4.69, 9.17) is 0 Å². The van der Waals surface area contributed by atoms with Crippen LogP contribution in [0.25, 0.3) is 0 Å². The third kappa shape index (κ3) is 4.67. The fraction of sp³-hybridized carbons (Fsp3) is 0.391. The summed E-state index contributed by atoms with van der Waals surface area (Å²) in [6.45, 7) is 2.64. The number of hydrogen-bond acceptors (Lipinski definition) is 3. The van der Waals surface area contributed by atoms with Crippen molar-refractivity contribution < 1.29 is 18.4 Å². The molecule has 1 unspecified atom stereocenters. The number of para-hydroxylation sites is 1. The lowest BCUT2D eigenvalue weighted by molar-refractivity contribution is -0.127. The van der Waals surface area contributed by atoms with Gasteiger partial charge in [0.1, 0.15) is 11.6 Å². The third-order valence-electron chi connectivity index (χ3n) is 5.89. The van der Waals surface area contributed by atoms with Crippen LogP contribution in [-0.4, -0.2) is 42.4 Å². The molecule has 0 aliphatic carbocycles. The maximum absolute atomic E-state index is 14.0. The van der Waals surface area contributed by atoms with Crippen molar-refractivity contribution in [3.8, 4) is 0 Å². The molecule has 5 nitrogen and oxygen atoms in total. The SMILES string of the molecule is O=C(NC1CCN(Cc2ccc(F)cc2)CC1)C1CC(=O)N(c2ccccc2F)C1. The molecule has 2 aliphatic rings. The van der Waals surface area contributed by atoms with Gasteiger partial charge in [-0.3, -0.25) is 14.5 Å². The number of nitrogens with zero attached hydrogens (tertiary/aromatic N) is 2. The van der Waals surface area contributed by atoms with Crippen LogP contribution in [0, 0.1) is 17.6 Å². The van der Waals surface area contributed by atoms with Gasteiger partial charge in [-0.1, -0.05) is 24.3 Å². The number of amides is 2. The summed E-state index contributed by atoms with van der Waals surface area (Å²) in [5, 5.41) is 3.07. The van der Waals surface area contributed by atoms with Gasteiger partial charge in [-0.2, -0.15) is 0 Å². The van der Waals surface area contributed by atoms with Gasteiger partial charge in [0.05, 0.1) is 11.6 Å². The zero-order valence-corrected chi connectivity index (χ0v) is 16.7. The second-order valence-corrected chi connectivity index (χ2v) is 8.04. The topological polar surface area (TPSA) is 52.7 Å². The lowest BCUT2D eigenvalue weighted by atomic mass is 10.0. The minimum Gasteiger partial charge on any atom is -0.353 e. The van der Waals surface area contributed by atoms with Crippen LogP contribution >= 0.6 is 0 Å². The van der Waals surface area contributed by atoms with Crippen LogP contribution < -0.4 is 10.2 Å². The molecule has 2 saturated heterocycles. The van der Waals surface area contributed by atoms with Crippen molar-refractivity contribution in [3.05, 3.63) is 65.7 Å². The van der Waals surface area contributed by atoms with E-state index < -0.39 is 11.7 Å². The minimum atomic E-state index is -0.464. The van der Waals surface area contributed by atoms with E-state index in [2.05, 4.69) is 10.2 Å². The molecule has 2 fully saturated rings. The number of benzene rings is 2. The van der Waals surface area contributed by atoms with Crippen LogP contribution in [0.5, 0.6) is 0 Å². The van der Waals surface area contributed by atoms with Crippen molar-refractivity contribution in [1.29, 1.82) is 0 Å². The lowest BCUT2D eigenvalue weighted by Gasteiger charge is -2.32. The molecular weight excluding hydrogens is 388 g/mol. The van der Waals surface area contributed by atoms with E-state index in [1.165, 1.54) is 23.1 Å². The van der Waals surface area contributed by atoms with Crippen molar-refractivity contribution in [2.45, 2.75) is 31.8 Å². The minimum absolute atomic E-state index is 0.0691. The highest BCUT2D eigenvalue weighted by Crippen LogP contribution is 2.27. The lowest BCUT2D eigenvalue weighted by Crippen LogP contribution is -2.46. The molecule has 30 heavy (non-hydrogen) atoms. The number of rotatable bonds is 5. The monoisotopic (exact) mass is 413 g/mol. The van der Waals surface area contributed by atoms with Crippen molar-refractivity contribution in [2.24, 2.45) is 5.92 Å². The number of hydrogen-bond donors (Lipinski definition) is 1. The molecule has 158 valence electrons. The van der Waals surface area contributed by atoms with Crippen molar-refractivity contribution in [1.82, 2.24) is 10.2 Å². The quantitative estimate of drug-likeness (QED) is 0.820. The summed E-state index contributed by atoms with van der Waals surface area (Å²) in [4.78, 5) is 28.7. The first-order valence-corrected chi connectivity index (χ1v) is 10.3. The summed E-state index contributed by atoms with van der Waals surface area (Å²) >= 11 is 0. The second kappa shape index (κ2) is 8.92. The number of halogens is 2. The Balaban J connectivity index is 1.26. The zero-order valence-electron chi connectivity index (χ0n) is 16.7. The smallest absolute Gasteiger partial charge is 0.227 e. The molecule has 7 heteroatoms. The molecule has 2 amide bonds. The van der Waals surface area contributed by atoms with E-state index in [0.29, 0.717) is 0 Å². The Morgan fingerprint density at radius 2 is 1.73 bits per heavy atom. The average molecular weight is 413 g/mol. The number of carbonyl (C=O) groups is 2. The maximum Gasteiger partial charge on any atom is 0.227 e. The van der Waals surface area contributed by atoms with Crippen LogP contribution in [0.1, 0.15) is 24.8 Å². The van der Waals surface area contributed by atoms with E-state index in [9.17, 15) is 18.4 Å². The van der Waals surface area contributed by atoms with Crippen molar-refractivity contribution in [2.75, 3.05) is 24.5 Å². The molecule has 2 aliphatic heterocycles. The highest BCUT2D eigenvalue weighted by Gasteiger charge is 2.37. The number of nitrogens with one attached hydrogen (secondary N) is 1. The summed E-state index contributed by atoms with van der Waals surface area (Å²) in [5.41, 5.74) is 1.29. The Labute approximate surface area is 174 Å². The van der Waals surface area contributed by atoms with Crippen molar-refractivity contribution in [3.63, 3.8) is 0 Å². The van der Waals surface area contributed by atoms with Gasteiger partial charge in [0.2, 0.25) is 11.8 Å². The Kier molecular flexibility index (Phi) is 6.08. The second-order valence-electron chi connectivity index (χ2n) is 8.04. The standard InChI is InChI=1S/C23H25F2N3O2/c24-18-7-5-16(6-8-18)14-27-11-9-19(10-12-27)26-23(30)17-13-22(29)28(15-17)21-4-2-1-3-20(21)25/h1-8,17,19H,9-15H2,(H,26,30). The first kappa shape index (κ1) is 20.5. The molecule has 1 atom stereocenters. The average Bonchev–Trinajstić information content (AvgIpc) is 3.13. The molecule has 0 spiro atoms. The Hall–Kier alpha value is -2.80. The number of likely N-dealkylation sites (tertiary alicyclic amines) is 1. The van der Waals surface area contributed by atoms with Gasteiger partial charge in [0.25, 0.3) is 0 Å². The molecular formula is C23H25F2N3O2. The van der Waals surface area contributed by atoms with Gasteiger partial charge in [-0.15, -0.1) is 0 Å². The normalized spacial score (nSPS) is 20.5. The largest absolute Gasteiger partial charge is 0.353 e. The first-order chi connectivity index (χ1) is 14.5. The summed E-state index contributed by atoms with van der Waals surface area (Å²) < 4.78 is 27.0. The van der Waals surface area contributed by atoms with Gasteiger partial charge in [0, 0.05) is 38.6 Å². The first-order valence-electron chi connectivity index (χ1n) is 10.3. The molecule has 0 radical (unpaired) electrons. The van der Waals surface area contributed by atoms with E-state index in [-0.39, 0.29) is 42.3 Å². The van der Waals surface area contributed by atoms with E-state index in [1.54, 1.807) is 30.3 Å². The van der Waals surface area contributed by atoms with Crippen LogP contribution in [-0.2, 0) is 16.1 Å². The maximum atomic E-state index is 14.0. The van der Waals surface area contributed by atoms with Gasteiger partial charge < -0.3 is 10.2 Å². The number of carbonyl (C=O) groups excluding carboxylic acids is 2. The molecule has 2 heterocycles. The number of piperidine rings is 1. The van der Waals surface area contributed by atoms with Gasteiger partial charge in [0.15, 0.2) is 0 Å². The Morgan fingerprint density at radius 3 is 2.43 bits per heavy atom. The summed E-state index contributed by atoms with van der Waals surface area (Å²) in [7, 11) is 0. The van der Waals surface area contributed by atoms with E-state index >= 15 is 0 Å². The van der Waals surface area contributed by atoms with Crippen LogP contribution in [0.2, 0.25) is 0 Å². The summed E-state index contributed by atoms with van der Waals surface area (Å²) in [5.74, 6) is -1.53. The molecule has 0 bridgehead atoms. The van der Waals surface area contributed by atoms with Crippen LogP contribution in [0.3, 0.4) is 0 Å². The van der Waals surface area contributed by atoms with Crippen LogP contribution in [0.15, 0.2) is 48.5 Å². The third-order valence-corrected chi connectivity index (χ3v) is 5.89.